The first-order chi connectivity index (χ1) is 9.37. The molecule has 0 spiro atoms. The van der Waals surface area contributed by atoms with Crippen LogP contribution in [0.2, 0.25) is 5.02 Å². The number of alkyl halides is 1. The van der Waals surface area contributed by atoms with Crippen molar-refractivity contribution in [2.45, 2.75) is 18.7 Å². The second kappa shape index (κ2) is 5.47. The zero-order chi connectivity index (χ0) is 14.9. The molecule has 0 aromatic heterocycles. The number of para-hydroxylation sites is 1. The minimum Gasteiger partial charge on any atom is -0.398 e. The van der Waals surface area contributed by atoms with Gasteiger partial charge in [-0.05, 0) is 37.1 Å². The lowest BCUT2D eigenvalue weighted by molar-refractivity contribution is -0.118. The third-order valence-electron chi connectivity index (χ3n) is 3.39. The maximum atomic E-state index is 12.2. The Morgan fingerprint density at radius 1 is 1.20 bits per heavy atom. The zero-order valence-corrected chi connectivity index (χ0v) is 12.8. The third kappa shape index (κ3) is 2.41. The van der Waals surface area contributed by atoms with Gasteiger partial charge in [0, 0.05) is 16.3 Å². The molecule has 2 nitrogen and oxygen atoms in total. The van der Waals surface area contributed by atoms with Crippen molar-refractivity contribution in [3.63, 3.8) is 0 Å². The number of carbonyl (C=O) groups is 1. The van der Waals surface area contributed by atoms with E-state index in [1.807, 2.05) is 25.1 Å². The molecule has 2 N–H and O–H groups in total. The predicted molar refractivity (Wildman–Crippen MR) is 84.4 cm³/mol. The van der Waals surface area contributed by atoms with E-state index in [0.717, 1.165) is 5.56 Å². The van der Waals surface area contributed by atoms with Crippen LogP contribution in [-0.4, -0.2) is 5.78 Å². The minimum atomic E-state index is -1.32. The van der Waals surface area contributed by atoms with Gasteiger partial charge in [-0.2, -0.15) is 0 Å². The molecule has 0 saturated carbocycles. The fourth-order valence-corrected chi connectivity index (χ4v) is 2.64. The van der Waals surface area contributed by atoms with Crippen LogP contribution in [0.3, 0.4) is 0 Å². The van der Waals surface area contributed by atoms with Crippen LogP contribution in [0.5, 0.6) is 0 Å². The highest BCUT2D eigenvalue weighted by atomic mass is 35.5. The summed E-state index contributed by atoms with van der Waals surface area (Å²) in [7, 11) is 0. The maximum absolute atomic E-state index is 12.2. The van der Waals surface area contributed by atoms with Crippen LogP contribution in [0.25, 0.3) is 0 Å². The number of ketones is 1. The van der Waals surface area contributed by atoms with E-state index in [4.69, 9.17) is 28.9 Å². The van der Waals surface area contributed by atoms with Crippen LogP contribution in [-0.2, 0) is 9.67 Å². The molecule has 0 amide bonds. The lowest BCUT2D eigenvalue weighted by Crippen LogP contribution is -2.30. The highest BCUT2D eigenvalue weighted by molar-refractivity contribution is 6.38. The number of rotatable bonds is 3. The number of Topliss-reactive ketones (excluding diaryl/α,β-unsaturated/α-hetero) is 1. The number of nitrogen functional groups attached to an aromatic ring is 1. The van der Waals surface area contributed by atoms with Gasteiger partial charge < -0.3 is 5.73 Å². The molecular formula is C16H15Cl2NO. The first-order valence-corrected chi connectivity index (χ1v) is 6.94. The number of nitrogens with two attached hydrogens (primary N) is 1. The molecule has 0 fully saturated rings. The first kappa shape index (κ1) is 14.9. The van der Waals surface area contributed by atoms with Crippen molar-refractivity contribution >= 4 is 34.7 Å². The predicted octanol–water partition coefficient (Wildman–Crippen LogP) is 4.30. The fraction of sp³-hybridized carbons (Fsp3) is 0.188. The molecule has 0 aliphatic heterocycles. The summed E-state index contributed by atoms with van der Waals surface area (Å²) in [6, 6.07) is 12.5. The van der Waals surface area contributed by atoms with Gasteiger partial charge in [-0.15, -0.1) is 11.6 Å². The van der Waals surface area contributed by atoms with Crippen molar-refractivity contribution in [2.24, 2.45) is 0 Å². The average molecular weight is 308 g/mol. The summed E-state index contributed by atoms with van der Waals surface area (Å²) in [5, 5.41) is 0.572. The zero-order valence-electron chi connectivity index (χ0n) is 11.3. The summed E-state index contributed by atoms with van der Waals surface area (Å²) in [5.74, 6) is -0.197. The van der Waals surface area contributed by atoms with E-state index in [1.165, 1.54) is 6.92 Å². The van der Waals surface area contributed by atoms with Gasteiger partial charge in [0.05, 0.1) is 0 Å². The van der Waals surface area contributed by atoms with Crippen molar-refractivity contribution in [1.29, 1.82) is 0 Å². The SMILES string of the molecule is CC(=O)C(Cl)(c1ccc(C)c(Cl)c1)c1ccccc1N. The first-order valence-electron chi connectivity index (χ1n) is 6.19. The lowest BCUT2D eigenvalue weighted by atomic mass is 9.86. The van der Waals surface area contributed by atoms with Crippen LogP contribution in [0.1, 0.15) is 23.6 Å². The fourth-order valence-electron chi connectivity index (χ4n) is 2.17. The van der Waals surface area contributed by atoms with Crippen LogP contribution >= 0.6 is 23.2 Å². The molecule has 0 aliphatic carbocycles. The van der Waals surface area contributed by atoms with Crippen molar-refractivity contribution in [3.8, 4) is 0 Å². The van der Waals surface area contributed by atoms with E-state index in [2.05, 4.69) is 0 Å². The van der Waals surface area contributed by atoms with Gasteiger partial charge in [0.1, 0.15) is 0 Å². The van der Waals surface area contributed by atoms with Crippen molar-refractivity contribution < 1.29 is 4.79 Å². The van der Waals surface area contributed by atoms with E-state index in [1.54, 1.807) is 24.3 Å². The lowest BCUT2D eigenvalue weighted by Gasteiger charge is -2.27. The van der Waals surface area contributed by atoms with Crippen LogP contribution in [0, 0.1) is 6.92 Å². The molecule has 2 rings (SSSR count). The summed E-state index contributed by atoms with van der Waals surface area (Å²) in [5.41, 5.74) is 8.59. The monoisotopic (exact) mass is 307 g/mol. The Morgan fingerprint density at radius 3 is 2.40 bits per heavy atom. The van der Waals surface area contributed by atoms with Crippen molar-refractivity contribution in [3.05, 3.63) is 64.2 Å². The molecule has 1 atom stereocenters. The highest BCUT2D eigenvalue weighted by Crippen LogP contribution is 2.41. The number of carbonyl (C=O) groups excluding carboxylic acids is 1. The second-order valence-electron chi connectivity index (χ2n) is 4.77. The molecule has 0 saturated heterocycles. The molecule has 2 aromatic rings. The average Bonchev–Trinajstić information content (AvgIpc) is 2.41. The molecular weight excluding hydrogens is 293 g/mol. The molecule has 20 heavy (non-hydrogen) atoms. The number of halogens is 2. The van der Waals surface area contributed by atoms with E-state index in [0.29, 0.717) is 21.8 Å². The van der Waals surface area contributed by atoms with Crippen LogP contribution in [0.15, 0.2) is 42.5 Å². The van der Waals surface area contributed by atoms with Crippen LogP contribution < -0.4 is 5.73 Å². The molecule has 1 unspecified atom stereocenters. The maximum Gasteiger partial charge on any atom is 0.159 e. The molecule has 0 heterocycles. The van der Waals surface area contributed by atoms with Crippen molar-refractivity contribution in [1.82, 2.24) is 0 Å². The minimum absolute atomic E-state index is 0.197. The quantitative estimate of drug-likeness (QED) is 0.678. The summed E-state index contributed by atoms with van der Waals surface area (Å²) in [4.78, 5) is 10.9. The van der Waals surface area contributed by atoms with Gasteiger partial charge in [0.25, 0.3) is 0 Å². The van der Waals surface area contributed by atoms with E-state index < -0.39 is 4.87 Å². The van der Waals surface area contributed by atoms with E-state index in [-0.39, 0.29) is 5.78 Å². The van der Waals surface area contributed by atoms with Gasteiger partial charge >= 0.3 is 0 Å². The Hall–Kier alpha value is -1.51. The molecule has 0 aliphatic rings. The number of benzene rings is 2. The Balaban J connectivity index is 2.70. The van der Waals surface area contributed by atoms with E-state index in [9.17, 15) is 4.79 Å². The largest absolute Gasteiger partial charge is 0.398 e. The highest BCUT2D eigenvalue weighted by Gasteiger charge is 2.38. The van der Waals surface area contributed by atoms with Gasteiger partial charge in [-0.1, -0.05) is 41.9 Å². The third-order valence-corrected chi connectivity index (χ3v) is 4.48. The topological polar surface area (TPSA) is 43.1 Å². The molecule has 0 bridgehead atoms. The Labute approximate surface area is 128 Å². The van der Waals surface area contributed by atoms with E-state index >= 15 is 0 Å². The Bertz CT molecular complexity index is 669. The standard InChI is InChI=1S/C16H15Cl2NO/c1-10-7-8-12(9-14(10)17)16(18,11(2)20)13-5-3-4-6-15(13)19/h3-9H,19H2,1-2H3. The number of hydrogen-bond acceptors (Lipinski definition) is 2. The summed E-state index contributed by atoms with van der Waals surface area (Å²) >= 11 is 12.8. The van der Waals surface area contributed by atoms with Gasteiger partial charge in [-0.25, -0.2) is 0 Å². The van der Waals surface area contributed by atoms with Crippen molar-refractivity contribution in [2.75, 3.05) is 5.73 Å². The molecule has 2 aromatic carbocycles. The number of anilines is 1. The number of aryl methyl sites for hydroxylation is 1. The molecule has 104 valence electrons. The molecule has 0 radical (unpaired) electrons. The smallest absolute Gasteiger partial charge is 0.159 e. The summed E-state index contributed by atoms with van der Waals surface area (Å²) in [6.07, 6.45) is 0. The molecule has 4 heteroatoms. The number of hydrogen-bond donors (Lipinski definition) is 1. The normalized spacial score (nSPS) is 13.8. The second-order valence-corrected chi connectivity index (χ2v) is 5.74. The summed E-state index contributed by atoms with van der Waals surface area (Å²) in [6.45, 7) is 3.35. The van der Waals surface area contributed by atoms with Gasteiger partial charge in [0.2, 0.25) is 0 Å². The Morgan fingerprint density at radius 2 is 1.85 bits per heavy atom. The van der Waals surface area contributed by atoms with Crippen LogP contribution in [0.4, 0.5) is 5.69 Å². The summed E-state index contributed by atoms with van der Waals surface area (Å²) < 4.78 is 0. The van der Waals surface area contributed by atoms with Gasteiger partial charge in [0.15, 0.2) is 10.7 Å². The van der Waals surface area contributed by atoms with Gasteiger partial charge in [-0.3, -0.25) is 4.79 Å². The Kier molecular flexibility index (Phi) is 4.07.